The molecule has 1 fully saturated rings. The SMILES string of the molecule is COCCNC(=O)/C(C#N)=C/c1ccc(-c2ccc3cc(N4CCCCC4)ccc3c2)s1. The van der Waals surface area contributed by atoms with Crippen molar-refractivity contribution >= 4 is 39.8 Å². The molecule has 164 valence electrons. The second-order valence-electron chi connectivity index (χ2n) is 7.91. The van der Waals surface area contributed by atoms with Crippen LogP contribution in [0.3, 0.4) is 0 Å². The number of fused-ring (bicyclic) bond motifs is 1. The number of nitrogens with zero attached hydrogens (tertiary/aromatic N) is 2. The Hall–Kier alpha value is -3.14. The zero-order valence-electron chi connectivity index (χ0n) is 18.3. The summed E-state index contributed by atoms with van der Waals surface area (Å²) in [5, 5.41) is 14.5. The minimum Gasteiger partial charge on any atom is -0.383 e. The molecule has 1 aliphatic heterocycles. The van der Waals surface area contributed by atoms with Crippen molar-refractivity contribution in [2.24, 2.45) is 0 Å². The highest BCUT2D eigenvalue weighted by Gasteiger charge is 2.12. The lowest BCUT2D eigenvalue weighted by Crippen LogP contribution is -2.29. The lowest BCUT2D eigenvalue weighted by Gasteiger charge is -2.29. The lowest BCUT2D eigenvalue weighted by molar-refractivity contribution is -0.117. The zero-order chi connectivity index (χ0) is 22.3. The molecule has 4 rings (SSSR count). The molecule has 32 heavy (non-hydrogen) atoms. The number of nitriles is 1. The van der Waals surface area contributed by atoms with Crippen LogP contribution in [-0.2, 0) is 9.53 Å². The molecule has 1 saturated heterocycles. The molecule has 0 unspecified atom stereocenters. The van der Waals surface area contributed by atoms with Crippen LogP contribution in [0.2, 0.25) is 0 Å². The van der Waals surface area contributed by atoms with Crippen LogP contribution < -0.4 is 10.2 Å². The summed E-state index contributed by atoms with van der Waals surface area (Å²) < 4.78 is 4.93. The van der Waals surface area contributed by atoms with Crippen molar-refractivity contribution in [1.29, 1.82) is 5.26 Å². The van der Waals surface area contributed by atoms with Gasteiger partial charge in [-0.05, 0) is 72.0 Å². The van der Waals surface area contributed by atoms with E-state index in [0.29, 0.717) is 13.2 Å². The van der Waals surface area contributed by atoms with Gasteiger partial charge in [0.1, 0.15) is 11.6 Å². The van der Waals surface area contributed by atoms with E-state index < -0.39 is 0 Å². The smallest absolute Gasteiger partial charge is 0.262 e. The molecular weight excluding hydrogens is 418 g/mol. The minimum atomic E-state index is -0.380. The molecule has 1 aliphatic rings. The monoisotopic (exact) mass is 445 g/mol. The largest absolute Gasteiger partial charge is 0.383 e. The van der Waals surface area contributed by atoms with E-state index >= 15 is 0 Å². The van der Waals surface area contributed by atoms with Gasteiger partial charge in [0.25, 0.3) is 5.91 Å². The second kappa shape index (κ2) is 10.4. The first-order valence-corrected chi connectivity index (χ1v) is 11.8. The Labute approximate surface area is 192 Å². The summed E-state index contributed by atoms with van der Waals surface area (Å²) in [5.74, 6) is -0.380. The molecule has 0 spiro atoms. The van der Waals surface area contributed by atoms with Crippen molar-refractivity contribution in [2.45, 2.75) is 19.3 Å². The number of thiophene rings is 1. The Morgan fingerprint density at radius 1 is 1.12 bits per heavy atom. The number of hydrogen-bond acceptors (Lipinski definition) is 5. The van der Waals surface area contributed by atoms with Crippen LogP contribution >= 0.6 is 11.3 Å². The molecule has 6 heteroatoms. The number of amides is 1. The Kier molecular flexibility index (Phi) is 7.21. The molecule has 0 bridgehead atoms. The summed E-state index contributed by atoms with van der Waals surface area (Å²) in [6.07, 6.45) is 5.52. The zero-order valence-corrected chi connectivity index (χ0v) is 19.1. The molecule has 5 nitrogen and oxygen atoms in total. The third kappa shape index (κ3) is 5.18. The number of benzene rings is 2. The average Bonchev–Trinajstić information content (AvgIpc) is 3.31. The van der Waals surface area contributed by atoms with Crippen molar-refractivity contribution in [3.63, 3.8) is 0 Å². The van der Waals surface area contributed by atoms with E-state index in [-0.39, 0.29) is 11.5 Å². The number of piperidine rings is 1. The number of hydrogen-bond donors (Lipinski definition) is 1. The summed E-state index contributed by atoms with van der Waals surface area (Å²) in [4.78, 5) is 16.6. The first-order valence-electron chi connectivity index (χ1n) is 11.0. The lowest BCUT2D eigenvalue weighted by atomic mass is 10.0. The van der Waals surface area contributed by atoms with Gasteiger partial charge < -0.3 is 15.0 Å². The Bertz CT molecular complexity index is 1170. The first kappa shape index (κ1) is 22.1. The molecule has 3 aromatic rings. The molecule has 2 aromatic carbocycles. The van der Waals surface area contributed by atoms with E-state index in [1.54, 1.807) is 24.5 Å². The molecule has 0 radical (unpaired) electrons. The number of carbonyl (C=O) groups excluding carboxylic acids is 1. The van der Waals surface area contributed by atoms with Crippen LogP contribution in [0.15, 0.2) is 54.1 Å². The second-order valence-corrected chi connectivity index (χ2v) is 9.03. The van der Waals surface area contributed by atoms with Gasteiger partial charge in [0.2, 0.25) is 0 Å². The molecule has 1 amide bonds. The number of nitrogens with one attached hydrogen (secondary N) is 1. The summed E-state index contributed by atoms with van der Waals surface area (Å²) in [6.45, 7) is 3.07. The van der Waals surface area contributed by atoms with Gasteiger partial charge in [0.05, 0.1) is 6.61 Å². The Morgan fingerprint density at radius 2 is 1.91 bits per heavy atom. The van der Waals surface area contributed by atoms with E-state index in [1.165, 1.54) is 35.7 Å². The van der Waals surface area contributed by atoms with Crippen LogP contribution in [0.25, 0.3) is 27.3 Å². The van der Waals surface area contributed by atoms with Gasteiger partial charge in [0, 0.05) is 42.2 Å². The van der Waals surface area contributed by atoms with E-state index in [1.807, 2.05) is 18.2 Å². The van der Waals surface area contributed by atoms with Gasteiger partial charge >= 0.3 is 0 Å². The van der Waals surface area contributed by atoms with E-state index in [4.69, 9.17) is 4.74 Å². The molecule has 0 aliphatic carbocycles. The standard InChI is InChI=1S/C26H27N3O2S/c1-31-14-11-28-26(30)22(18-27)17-24-9-10-25(32-24)21-6-5-20-16-23(8-7-19(20)15-21)29-12-3-2-4-13-29/h5-10,15-17H,2-4,11-14H2,1H3,(H,28,30)/b22-17+. The fraction of sp³-hybridized carbons (Fsp3) is 0.308. The molecule has 2 heterocycles. The van der Waals surface area contributed by atoms with Crippen LogP contribution in [-0.4, -0.2) is 39.3 Å². The summed E-state index contributed by atoms with van der Waals surface area (Å²) in [5.41, 5.74) is 2.54. The van der Waals surface area contributed by atoms with Gasteiger partial charge in [-0.15, -0.1) is 11.3 Å². The number of ether oxygens (including phenoxy) is 1. The van der Waals surface area contributed by atoms with Crippen LogP contribution in [0.1, 0.15) is 24.1 Å². The highest BCUT2D eigenvalue weighted by molar-refractivity contribution is 7.16. The minimum absolute atomic E-state index is 0.0956. The van der Waals surface area contributed by atoms with Gasteiger partial charge in [0.15, 0.2) is 0 Å². The third-order valence-corrected chi connectivity index (χ3v) is 6.78. The predicted octanol–water partition coefficient (Wildman–Crippen LogP) is 5.23. The van der Waals surface area contributed by atoms with Crippen molar-refractivity contribution in [3.05, 3.63) is 59.0 Å². The van der Waals surface area contributed by atoms with Gasteiger partial charge in [-0.2, -0.15) is 5.26 Å². The van der Waals surface area contributed by atoms with E-state index in [2.05, 4.69) is 46.6 Å². The quantitative estimate of drug-likeness (QED) is 0.307. The normalized spacial score (nSPS) is 14.4. The fourth-order valence-corrected chi connectivity index (χ4v) is 4.92. The number of rotatable bonds is 7. The van der Waals surface area contributed by atoms with Crippen molar-refractivity contribution in [3.8, 4) is 16.5 Å². The van der Waals surface area contributed by atoms with Crippen molar-refractivity contribution in [1.82, 2.24) is 5.32 Å². The molecule has 0 atom stereocenters. The number of methoxy groups -OCH3 is 1. The maximum Gasteiger partial charge on any atom is 0.262 e. The predicted molar refractivity (Wildman–Crippen MR) is 132 cm³/mol. The Balaban J connectivity index is 1.52. The molecule has 0 saturated carbocycles. The van der Waals surface area contributed by atoms with Gasteiger partial charge in [-0.25, -0.2) is 0 Å². The molecule has 1 N–H and O–H groups in total. The summed E-state index contributed by atoms with van der Waals surface area (Å²) >= 11 is 1.57. The summed E-state index contributed by atoms with van der Waals surface area (Å²) in [7, 11) is 1.57. The average molecular weight is 446 g/mol. The van der Waals surface area contributed by atoms with Gasteiger partial charge in [-0.1, -0.05) is 18.2 Å². The molecule has 1 aromatic heterocycles. The van der Waals surface area contributed by atoms with Crippen LogP contribution in [0.5, 0.6) is 0 Å². The van der Waals surface area contributed by atoms with Crippen LogP contribution in [0, 0.1) is 11.3 Å². The highest BCUT2D eigenvalue weighted by atomic mass is 32.1. The topological polar surface area (TPSA) is 65.4 Å². The first-order chi connectivity index (χ1) is 15.7. The molecular formula is C26H27N3O2S. The van der Waals surface area contributed by atoms with Gasteiger partial charge in [-0.3, -0.25) is 4.79 Å². The van der Waals surface area contributed by atoms with Crippen molar-refractivity contribution < 1.29 is 9.53 Å². The highest BCUT2D eigenvalue weighted by Crippen LogP contribution is 2.33. The fourth-order valence-electron chi connectivity index (χ4n) is 3.97. The van der Waals surface area contributed by atoms with E-state index in [9.17, 15) is 10.1 Å². The van der Waals surface area contributed by atoms with Crippen molar-refractivity contribution in [2.75, 3.05) is 38.3 Å². The maximum absolute atomic E-state index is 12.2. The summed E-state index contributed by atoms with van der Waals surface area (Å²) in [6, 6.07) is 19.2. The number of carbonyl (C=O) groups is 1. The maximum atomic E-state index is 12.2. The number of anilines is 1. The van der Waals surface area contributed by atoms with Crippen LogP contribution in [0.4, 0.5) is 5.69 Å². The van der Waals surface area contributed by atoms with E-state index in [0.717, 1.165) is 28.4 Å². The third-order valence-electron chi connectivity index (χ3n) is 5.70. The Morgan fingerprint density at radius 3 is 2.69 bits per heavy atom.